The van der Waals surface area contributed by atoms with Crippen LogP contribution in [0.3, 0.4) is 0 Å². The molecule has 6 heteroatoms. The molecule has 36 heavy (non-hydrogen) atoms. The topological polar surface area (TPSA) is 65.4 Å². The molecule has 0 bridgehead atoms. The molecule has 0 aliphatic heterocycles. The summed E-state index contributed by atoms with van der Waals surface area (Å²) in [6.45, 7) is 4.13. The van der Waals surface area contributed by atoms with Gasteiger partial charge in [0.2, 0.25) is 0 Å². The first-order valence-corrected chi connectivity index (χ1v) is 12.8. The number of methoxy groups -OCH3 is 1. The van der Waals surface area contributed by atoms with E-state index >= 15 is 0 Å². The van der Waals surface area contributed by atoms with E-state index < -0.39 is 0 Å². The maximum Gasteiger partial charge on any atom is 0.255 e. The largest absolute Gasteiger partial charge is 0.496 e. The molecule has 1 heterocycles. The van der Waals surface area contributed by atoms with Crippen LogP contribution in [0.15, 0.2) is 72.8 Å². The van der Waals surface area contributed by atoms with Gasteiger partial charge in [0.25, 0.3) is 5.91 Å². The van der Waals surface area contributed by atoms with Gasteiger partial charge < -0.3 is 19.4 Å². The molecule has 0 saturated carbocycles. The third-order valence-corrected chi connectivity index (χ3v) is 6.36. The van der Waals surface area contributed by atoms with Crippen molar-refractivity contribution in [3.8, 4) is 11.5 Å². The van der Waals surface area contributed by atoms with E-state index in [2.05, 4.69) is 47.1 Å². The molecule has 188 valence electrons. The zero-order valence-corrected chi connectivity index (χ0v) is 21.2. The number of carbonyl (C=O) groups excluding carboxylic acids is 1. The number of aryl methyl sites for hydroxylation is 2. The van der Waals surface area contributed by atoms with E-state index in [1.165, 1.54) is 5.56 Å². The molecule has 4 rings (SSSR count). The number of fused-ring (bicyclic) bond motifs is 1. The maximum atomic E-state index is 12.4. The summed E-state index contributed by atoms with van der Waals surface area (Å²) in [6, 6.07) is 23.9. The van der Waals surface area contributed by atoms with Gasteiger partial charge in [-0.05, 0) is 61.2 Å². The van der Waals surface area contributed by atoms with Crippen LogP contribution >= 0.6 is 0 Å². The van der Waals surface area contributed by atoms with E-state index in [9.17, 15) is 4.79 Å². The Bertz CT molecular complexity index is 1260. The van der Waals surface area contributed by atoms with Crippen molar-refractivity contribution in [3.05, 3.63) is 89.7 Å². The molecule has 0 unspecified atom stereocenters. The maximum absolute atomic E-state index is 12.4. The lowest BCUT2D eigenvalue weighted by molar-refractivity contribution is 0.0950. The Hall–Kier alpha value is -3.80. The van der Waals surface area contributed by atoms with Gasteiger partial charge >= 0.3 is 0 Å². The average molecular weight is 486 g/mol. The van der Waals surface area contributed by atoms with E-state index in [1.807, 2.05) is 30.3 Å². The molecule has 6 nitrogen and oxygen atoms in total. The number of imidazole rings is 1. The van der Waals surface area contributed by atoms with Crippen LogP contribution in [0.4, 0.5) is 0 Å². The fraction of sp³-hybridized carbons (Fsp3) is 0.333. The van der Waals surface area contributed by atoms with Gasteiger partial charge in [-0.2, -0.15) is 0 Å². The average Bonchev–Trinajstić information content (AvgIpc) is 3.28. The summed E-state index contributed by atoms with van der Waals surface area (Å²) < 4.78 is 13.6. The second-order valence-electron chi connectivity index (χ2n) is 8.78. The quantitative estimate of drug-likeness (QED) is 0.242. The number of benzene rings is 3. The summed E-state index contributed by atoms with van der Waals surface area (Å²) in [5, 5.41) is 3.00. The fourth-order valence-corrected chi connectivity index (χ4v) is 4.36. The van der Waals surface area contributed by atoms with Crippen molar-refractivity contribution in [1.29, 1.82) is 0 Å². The first kappa shape index (κ1) is 25.3. The summed E-state index contributed by atoms with van der Waals surface area (Å²) in [5.41, 5.74) is 4.03. The Labute approximate surface area is 213 Å². The lowest BCUT2D eigenvalue weighted by Crippen LogP contribution is -2.24. The lowest BCUT2D eigenvalue weighted by atomic mass is 10.1. The van der Waals surface area contributed by atoms with Gasteiger partial charge in [-0.3, -0.25) is 4.79 Å². The highest BCUT2D eigenvalue weighted by atomic mass is 16.5. The Kier molecular flexibility index (Phi) is 8.98. The van der Waals surface area contributed by atoms with Crippen LogP contribution in [0.5, 0.6) is 11.5 Å². The highest BCUT2D eigenvalue weighted by Gasteiger charge is 2.12. The number of hydrogen-bond donors (Lipinski definition) is 1. The summed E-state index contributed by atoms with van der Waals surface area (Å²) in [5.74, 6) is 2.47. The third kappa shape index (κ3) is 6.45. The van der Waals surface area contributed by atoms with Crippen LogP contribution in [0, 0.1) is 0 Å². The molecule has 0 fully saturated rings. The highest BCUT2D eigenvalue weighted by molar-refractivity contribution is 5.96. The molecule has 0 aliphatic carbocycles. The van der Waals surface area contributed by atoms with Crippen LogP contribution in [0.2, 0.25) is 0 Å². The zero-order valence-electron chi connectivity index (χ0n) is 21.2. The molecule has 0 spiro atoms. The second-order valence-corrected chi connectivity index (χ2v) is 8.78. The summed E-state index contributed by atoms with van der Waals surface area (Å²) in [7, 11) is 1.58. The van der Waals surface area contributed by atoms with Crippen molar-refractivity contribution in [2.24, 2.45) is 0 Å². The van der Waals surface area contributed by atoms with Crippen LogP contribution in [-0.2, 0) is 19.4 Å². The lowest BCUT2D eigenvalue weighted by Gasteiger charge is -2.11. The van der Waals surface area contributed by atoms with E-state index in [-0.39, 0.29) is 5.91 Å². The normalized spacial score (nSPS) is 10.9. The Morgan fingerprint density at radius 3 is 2.53 bits per heavy atom. The second kappa shape index (κ2) is 12.8. The van der Waals surface area contributed by atoms with Crippen molar-refractivity contribution in [1.82, 2.24) is 14.9 Å². The Balaban J connectivity index is 1.27. The smallest absolute Gasteiger partial charge is 0.255 e. The van der Waals surface area contributed by atoms with Crippen LogP contribution in [0.25, 0.3) is 11.0 Å². The molecule has 4 aromatic rings. The molecule has 0 saturated heterocycles. The summed E-state index contributed by atoms with van der Waals surface area (Å²) in [4.78, 5) is 17.3. The molecule has 3 aromatic carbocycles. The molecule has 0 aliphatic rings. The predicted molar refractivity (Wildman–Crippen MR) is 144 cm³/mol. The number of rotatable bonds is 13. The number of unbranched alkanes of at least 4 members (excludes halogenated alkanes) is 2. The molecule has 1 N–H and O–H groups in total. The number of hydrogen-bond acceptors (Lipinski definition) is 4. The summed E-state index contributed by atoms with van der Waals surface area (Å²) in [6.07, 6.45) is 4.85. The van der Waals surface area contributed by atoms with Gasteiger partial charge in [-0.25, -0.2) is 4.98 Å². The van der Waals surface area contributed by atoms with E-state index in [0.717, 1.165) is 61.3 Å². The van der Waals surface area contributed by atoms with Crippen LogP contribution in [-0.4, -0.2) is 35.7 Å². The van der Waals surface area contributed by atoms with Gasteiger partial charge in [0, 0.05) is 13.0 Å². The van der Waals surface area contributed by atoms with Crippen molar-refractivity contribution in [2.75, 3.05) is 20.3 Å². The number of ether oxygens (including phenoxy) is 2. The predicted octanol–water partition coefficient (Wildman–Crippen LogP) is 5.83. The zero-order chi connectivity index (χ0) is 25.2. The number of para-hydroxylation sites is 3. The number of carbonyl (C=O) groups is 1. The molecule has 1 aromatic heterocycles. The molecular formula is C30H35N3O3. The third-order valence-electron chi connectivity index (χ3n) is 6.36. The monoisotopic (exact) mass is 485 g/mol. The first-order valence-electron chi connectivity index (χ1n) is 12.8. The Morgan fingerprint density at radius 1 is 0.944 bits per heavy atom. The van der Waals surface area contributed by atoms with Gasteiger partial charge in [-0.15, -0.1) is 0 Å². The van der Waals surface area contributed by atoms with Crippen LogP contribution < -0.4 is 14.8 Å². The fourth-order valence-electron chi connectivity index (χ4n) is 4.36. The molecule has 0 radical (unpaired) electrons. The van der Waals surface area contributed by atoms with E-state index in [0.29, 0.717) is 24.5 Å². The first-order chi connectivity index (χ1) is 17.7. The van der Waals surface area contributed by atoms with Crippen LogP contribution in [0.1, 0.15) is 47.9 Å². The number of amides is 1. The standard InChI is InChI=1S/C30H35N3O3/c1-3-23-16-18-24(19-17-23)36-22-21-33-27-13-8-7-12-26(27)32-29(33)15-5-4-10-20-31-30(34)25-11-6-9-14-28(25)35-2/h6-9,11-14,16-19H,3-5,10,15,20-22H2,1-2H3,(H,31,34). The molecular weight excluding hydrogens is 450 g/mol. The van der Waals surface area contributed by atoms with E-state index in [4.69, 9.17) is 14.5 Å². The van der Waals surface area contributed by atoms with Gasteiger partial charge in [0.1, 0.15) is 23.9 Å². The van der Waals surface area contributed by atoms with Crippen molar-refractivity contribution >= 4 is 16.9 Å². The van der Waals surface area contributed by atoms with Crippen molar-refractivity contribution in [2.45, 2.75) is 45.6 Å². The SMILES string of the molecule is CCc1ccc(OCCn2c(CCCCCNC(=O)c3ccccc3OC)nc3ccccc32)cc1. The van der Waals surface area contributed by atoms with Crippen molar-refractivity contribution < 1.29 is 14.3 Å². The number of aromatic nitrogens is 2. The van der Waals surface area contributed by atoms with Gasteiger partial charge in [-0.1, -0.05) is 49.7 Å². The number of nitrogens with one attached hydrogen (secondary N) is 1. The van der Waals surface area contributed by atoms with Crippen molar-refractivity contribution in [3.63, 3.8) is 0 Å². The summed E-state index contributed by atoms with van der Waals surface area (Å²) >= 11 is 0. The van der Waals surface area contributed by atoms with E-state index in [1.54, 1.807) is 19.2 Å². The minimum absolute atomic E-state index is 0.0985. The molecule has 0 atom stereocenters. The molecule has 1 amide bonds. The Morgan fingerprint density at radius 2 is 1.72 bits per heavy atom. The van der Waals surface area contributed by atoms with Gasteiger partial charge in [0.15, 0.2) is 0 Å². The van der Waals surface area contributed by atoms with Gasteiger partial charge in [0.05, 0.1) is 30.3 Å². The minimum atomic E-state index is -0.0985. The minimum Gasteiger partial charge on any atom is -0.496 e. The highest BCUT2D eigenvalue weighted by Crippen LogP contribution is 2.19. The number of nitrogens with zero attached hydrogens (tertiary/aromatic N) is 2.